The Morgan fingerprint density at radius 3 is 3.12 bits per heavy atom. The molecule has 0 saturated carbocycles. The Labute approximate surface area is 100 Å². The number of carbonyl (C=O) groups excluding carboxylic acids is 1. The molecule has 1 amide bonds. The molecule has 1 aromatic rings. The highest BCUT2D eigenvalue weighted by atomic mass is 32.1. The van der Waals surface area contributed by atoms with Crippen LogP contribution in [-0.4, -0.2) is 30.4 Å². The van der Waals surface area contributed by atoms with Gasteiger partial charge in [-0.1, -0.05) is 6.42 Å². The first-order chi connectivity index (χ1) is 7.77. The molecule has 0 unspecified atom stereocenters. The fourth-order valence-electron chi connectivity index (χ4n) is 2.06. The molecule has 0 aliphatic carbocycles. The van der Waals surface area contributed by atoms with Crippen LogP contribution in [0.1, 0.15) is 24.8 Å². The quantitative estimate of drug-likeness (QED) is 0.871. The van der Waals surface area contributed by atoms with Gasteiger partial charge in [-0.25, -0.2) is 0 Å². The second-order valence-electron chi connectivity index (χ2n) is 4.33. The van der Waals surface area contributed by atoms with E-state index in [-0.39, 0.29) is 11.9 Å². The minimum Gasteiger partial charge on any atom is -0.340 e. The van der Waals surface area contributed by atoms with Crippen LogP contribution in [0.3, 0.4) is 0 Å². The normalized spacial score (nSPS) is 20.7. The van der Waals surface area contributed by atoms with Gasteiger partial charge in [-0.3, -0.25) is 4.79 Å². The van der Waals surface area contributed by atoms with E-state index in [1.807, 2.05) is 17.3 Å². The zero-order chi connectivity index (χ0) is 11.4. The second kappa shape index (κ2) is 5.46. The molecule has 2 rings (SSSR count). The van der Waals surface area contributed by atoms with Crippen molar-refractivity contribution in [2.45, 2.75) is 31.8 Å². The minimum atomic E-state index is 0.0392. The van der Waals surface area contributed by atoms with Gasteiger partial charge in [0, 0.05) is 13.6 Å². The maximum Gasteiger partial charge on any atom is 0.239 e. The Bertz CT molecular complexity index is 331. The summed E-state index contributed by atoms with van der Waals surface area (Å²) in [5, 5.41) is 7.43. The summed E-state index contributed by atoms with van der Waals surface area (Å²) in [5.41, 5.74) is 1.22. The van der Waals surface area contributed by atoms with Crippen molar-refractivity contribution in [1.29, 1.82) is 0 Å². The first-order valence-corrected chi connectivity index (χ1v) is 6.71. The van der Waals surface area contributed by atoms with Gasteiger partial charge in [0.2, 0.25) is 5.91 Å². The summed E-state index contributed by atoms with van der Waals surface area (Å²) in [6.07, 6.45) is 3.33. The highest BCUT2D eigenvalue weighted by Gasteiger charge is 2.23. The van der Waals surface area contributed by atoms with Crippen molar-refractivity contribution in [3.8, 4) is 0 Å². The van der Waals surface area contributed by atoms with E-state index in [1.165, 1.54) is 12.0 Å². The molecule has 2 heterocycles. The van der Waals surface area contributed by atoms with E-state index in [4.69, 9.17) is 0 Å². The van der Waals surface area contributed by atoms with Crippen molar-refractivity contribution in [3.63, 3.8) is 0 Å². The number of carbonyl (C=O) groups is 1. The van der Waals surface area contributed by atoms with Gasteiger partial charge in [-0.15, -0.1) is 0 Å². The first-order valence-electron chi connectivity index (χ1n) is 5.77. The lowest BCUT2D eigenvalue weighted by Gasteiger charge is -2.27. The van der Waals surface area contributed by atoms with Crippen LogP contribution in [-0.2, 0) is 11.3 Å². The smallest absolute Gasteiger partial charge is 0.239 e. The third kappa shape index (κ3) is 2.83. The summed E-state index contributed by atoms with van der Waals surface area (Å²) in [4.78, 5) is 13.9. The van der Waals surface area contributed by atoms with Crippen LogP contribution in [0.5, 0.6) is 0 Å². The monoisotopic (exact) mass is 238 g/mol. The van der Waals surface area contributed by atoms with Gasteiger partial charge in [0.05, 0.1) is 6.04 Å². The summed E-state index contributed by atoms with van der Waals surface area (Å²) in [6, 6.07) is 2.11. The fourth-order valence-corrected chi connectivity index (χ4v) is 2.72. The summed E-state index contributed by atoms with van der Waals surface area (Å²) >= 11 is 1.68. The molecule has 1 saturated heterocycles. The molecular formula is C12H18N2OS. The van der Waals surface area contributed by atoms with E-state index in [0.717, 1.165) is 25.9 Å². The number of nitrogens with zero attached hydrogens (tertiary/aromatic N) is 1. The van der Waals surface area contributed by atoms with Crippen LogP contribution in [0.15, 0.2) is 16.8 Å². The average molecular weight is 238 g/mol. The van der Waals surface area contributed by atoms with Crippen molar-refractivity contribution >= 4 is 17.2 Å². The Balaban J connectivity index is 1.88. The summed E-state index contributed by atoms with van der Waals surface area (Å²) in [6.45, 7) is 1.70. The summed E-state index contributed by atoms with van der Waals surface area (Å²) in [7, 11) is 1.89. The van der Waals surface area contributed by atoms with Gasteiger partial charge < -0.3 is 10.2 Å². The third-order valence-electron chi connectivity index (χ3n) is 2.98. The predicted octanol–water partition coefficient (Wildman–Crippen LogP) is 1.85. The van der Waals surface area contributed by atoms with Gasteiger partial charge in [0.25, 0.3) is 0 Å². The third-order valence-corrected chi connectivity index (χ3v) is 3.72. The number of hydrogen-bond acceptors (Lipinski definition) is 3. The molecule has 1 fully saturated rings. The Morgan fingerprint density at radius 1 is 1.62 bits per heavy atom. The number of amides is 1. The molecule has 4 heteroatoms. The first kappa shape index (κ1) is 11.6. The lowest BCUT2D eigenvalue weighted by atomic mass is 10.0. The van der Waals surface area contributed by atoms with Crippen LogP contribution in [0.4, 0.5) is 0 Å². The van der Waals surface area contributed by atoms with E-state index in [2.05, 4.69) is 16.8 Å². The highest BCUT2D eigenvalue weighted by molar-refractivity contribution is 7.07. The maximum atomic E-state index is 12.1. The number of rotatable bonds is 3. The van der Waals surface area contributed by atoms with Crippen molar-refractivity contribution in [1.82, 2.24) is 10.2 Å². The van der Waals surface area contributed by atoms with Crippen LogP contribution < -0.4 is 5.32 Å². The minimum absolute atomic E-state index is 0.0392. The molecular weight excluding hydrogens is 220 g/mol. The topological polar surface area (TPSA) is 32.3 Å². The van der Waals surface area contributed by atoms with E-state index in [0.29, 0.717) is 0 Å². The SMILES string of the molecule is CN(Cc1ccsc1)C(=O)[C@H]1CCCCN1. The van der Waals surface area contributed by atoms with Crippen molar-refractivity contribution in [2.75, 3.05) is 13.6 Å². The number of thiophene rings is 1. The van der Waals surface area contributed by atoms with Crippen molar-refractivity contribution < 1.29 is 4.79 Å². The van der Waals surface area contributed by atoms with Crippen molar-refractivity contribution in [2.24, 2.45) is 0 Å². The second-order valence-corrected chi connectivity index (χ2v) is 5.11. The standard InChI is InChI=1S/C12H18N2OS/c1-14(8-10-5-7-16-9-10)12(15)11-4-2-3-6-13-11/h5,7,9,11,13H,2-4,6,8H2,1H3/t11-/m1/s1. The van der Waals surface area contributed by atoms with Gasteiger partial charge in [0.1, 0.15) is 0 Å². The Morgan fingerprint density at radius 2 is 2.50 bits per heavy atom. The molecule has 88 valence electrons. The fraction of sp³-hybridized carbons (Fsp3) is 0.583. The van der Waals surface area contributed by atoms with Gasteiger partial charge >= 0.3 is 0 Å². The largest absolute Gasteiger partial charge is 0.340 e. The highest BCUT2D eigenvalue weighted by Crippen LogP contribution is 2.12. The average Bonchev–Trinajstić information content (AvgIpc) is 2.82. The zero-order valence-electron chi connectivity index (χ0n) is 9.61. The van der Waals surface area contributed by atoms with Crippen molar-refractivity contribution in [3.05, 3.63) is 22.4 Å². The lowest BCUT2D eigenvalue weighted by Crippen LogP contribution is -2.46. The maximum absolute atomic E-state index is 12.1. The molecule has 16 heavy (non-hydrogen) atoms. The number of hydrogen-bond donors (Lipinski definition) is 1. The van der Waals surface area contributed by atoms with Crippen LogP contribution in [0.2, 0.25) is 0 Å². The molecule has 1 aromatic heterocycles. The lowest BCUT2D eigenvalue weighted by molar-refractivity contribution is -0.133. The summed E-state index contributed by atoms with van der Waals surface area (Å²) < 4.78 is 0. The van der Waals surface area contributed by atoms with Crippen LogP contribution >= 0.6 is 11.3 Å². The van der Waals surface area contributed by atoms with E-state index in [1.54, 1.807) is 11.3 Å². The van der Waals surface area contributed by atoms with E-state index < -0.39 is 0 Å². The number of nitrogens with one attached hydrogen (secondary N) is 1. The molecule has 0 radical (unpaired) electrons. The summed E-state index contributed by atoms with van der Waals surface area (Å²) in [5.74, 6) is 0.228. The van der Waals surface area contributed by atoms with Gasteiger partial charge in [-0.2, -0.15) is 11.3 Å². The molecule has 1 aliphatic heterocycles. The molecule has 0 spiro atoms. The Hall–Kier alpha value is -0.870. The van der Waals surface area contributed by atoms with E-state index >= 15 is 0 Å². The molecule has 0 bridgehead atoms. The van der Waals surface area contributed by atoms with Crippen LogP contribution in [0, 0.1) is 0 Å². The van der Waals surface area contributed by atoms with Gasteiger partial charge in [0.15, 0.2) is 0 Å². The van der Waals surface area contributed by atoms with Crippen LogP contribution in [0.25, 0.3) is 0 Å². The number of piperidine rings is 1. The molecule has 1 N–H and O–H groups in total. The Kier molecular flexibility index (Phi) is 3.96. The predicted molar refractivity (Wildman–Crippen MR) is 66.4 cm³/mol. The molecule has 0 aromatic carbocycles. The van der Waals surface area contributed by atoms with E-state index in [9.17, 15) is 4.79 Å². The zero-order valence-corrected chi connectivity index (χ0v) is 10.4. The number of likely N-dealkylation sites (N-methyl/N-ethyl adjacent to an activating group) is 1. The molecule has 1 aliphatic rings. The van der Waals surface area contributed by atoms with Gasteiger partial charge in [-0.05, 0) is 41.8 Å². The molecule has 1 atom stereocenters. The molecule has 3 nitrogen and oxygen atoms in total.